The fourth-order valence-corrected chi connectivity index (χ4v) is 2.20. The van der Waals surface area contributed by atoms with Gasteiger partial charge in [-0.1, -0.05) is 0 Å². The summed E-state index contributed by atoms with van der Waals surface area (Å²) in [6.07, 6.45) is 1.31. The fourth-order valence-electron chi connectivity index (χ4n) is 2.20. The van der Waals surface area contributed by atoms with Crippen molar-refractivity contribution in [2.75, 3.05) is 32.8 Å². The quantitative estimate of drug-likeness (QED) is 0.602. The van der Waals surface area contributed by atoms with Gasteiger partial charge in [0.15, 0.2) is 0 Å². The third-order valence-electron chi connectivity index (χ3n) is 2.92. The molecule has 0 amide bonds. The average molecular weight is 170 g/mol. The first-order valence-electron chi connectivity index (χ1n) is 4.92. The largest absolute Gasteiger partial charge is 0.379 e. The molecule has 2 aliphatic heterocycles. The van der Waals surface area contributed by atoms with E-state index in [1.165, 1.54) is 19.5 Å². The molecule has 3 nitrogen and oxygen atoms in total. The summed E-state index contributed by atoms with van der Waals surface area (Å²) < 4.78 is 5.41. The molecule has 12 heavy (non-hydrogen) atoms. The van der Waals surface area contributed by atoms with Crippen molar-refractivity contribution in [1.82, 2.24) is 10.2 Å². The topological polar surface area (TPSA) is 24.5 Å². The molecule has 0 aromatic rings. The fraction of sp³-hybridized carbons (Fsp3) is 1.00. The van der Waals surface area contributed by atoms with Gasteiger partial charge in [0, 0.05) is 25.2 Å². The Kier molecular flexibility index (Phi) is 2.63. The van der Waals surface area contributed by atoms with Crippen LogP contribution in [0.3, 0.4) is 0 Å². The molecule has 2 aliphatic rings. The lowest BCUT2D eigenvalue weighted by Gasteiger charge is -2.37. The van der Waals surface area contributed by atoms with Crippen molar-refractivity contribution in [2.45, 2.75) is 25.4 Å². The zero-order valence-electron chi connectivity index (χ0n) is 7.75. The van der Waals surface area contributed by atoms with Crippen LogP contribution in [0, 0.1) is 0 Å². The van der Waals surface area contributed by atoms with Crippen LogP contribution in [0.5, 0.6) is 0 Å². The predicted molar refractivity (Wildman–Crippen MR) is 48.3 cm³/mol. The molecule has 0 aromatic carbocycles. The highest BCUT2D eigenvalue weighted by atomic mass is 16.5. The second-order valence-corrected chi connectivity index (χ2v) is 3.81. The van der Waals surface area contributed by atoms with Crippen molar-refractivity contribution in [2.24, 2.45) is 0 Å². The van der Waals surface area contributed by atoms with E-state index in [-0.39, 0.29) is 0 Å². The summed E-state index contributed by atoms with van der Waals surface area (Å²) in [5, 5.41) is 3.41. The van der Waals surface area contributed by atoms with Crippen LogP contribution in [0.4, 0.5) is 0 Å². The van der Waals surface area contributed by atoms with Crippen LogP contribution in [-0.2, 0) is 4.74 Å². The molecule has 0 unspecified atom stereocenters. The first-order valence-corrected chi connectivity index (χ1v) is 4.92. The van der Waals surface area contributed by atoms with E-state index in [4.69, 9.17) is 4.74 Å². The maximum absolute atomic E-state index is 5.41. The van der Waals surface area contributed by atoms with Crippen LogP contribution in [0.2, 0.25) is 0 Å². The maximum Gasteiger partial charge on any atom is 0.0619 e. The third-order valence-corrected chi connectivity index (χ3v) is 2.92. The SMILES string of the molecule is C[C@@H]1COCCN1[C@@H]1CCNC1. The van der Waals surface area contributed by atoms with E-state index in [1.807, 2.05) is 0 Å². The van der Waals surface area contributed by atoms with Gasteiger partial charge in [-0.25, -0.2) is 0 Å². The minimum atomic E-state index is 0.614. The Labute approximate surface area is 74.1 Å². The first kappa shape index (κ1) is 8.48. The molecular weight excluding hydrogens is 152 g/mol. The molecule has 0 bridgehead atoms. The molecule has 0 aliphatic carbocycles. The molecule has 0 aromatic heterocycles. The van der Waals surface area contributed by atoms with Crippen molar-refractivity contribution < 1.29 is 4.74 Å². The van der Waals surface area contributed by atoms with E-state index >= 15 is 0 Å². The summed E-state index contributed by atoms with van der Waals surface area (Å²) in [5.41, 5.74) is 0. The number of hydrogen-bond acceptors (Lipinski definition) is 3. The van der Waals surface area contributed by atoms with E-state index in [0.717, 1.165) is 25.8 Å². The number of nitrogens with zero attached hydrogens (tertiary/aromatic N) is 1. The Balaban J connectivity index is 1.91. The van der Waals surface area contributed by atoms with Crippen LogP contribution >= 0.6 is 0 Å². The van der Waals surface area contributed by atoms with Gasteiger partial charge < -0.3 is 10.1 Å². The molecule has 2 atom stereocenters. The minimum absolute atomic E-state index is 0.614. The molecule has 0 spiro atoms. The van der Waals surface area contributed by atoms with E-state index in [2.05, 4.69) is 17.1 Å². The van der Waals surface area contributed by atoms with Gasteiger partial charge in [0.2, 0.25) is 0 Å². The molecule has 1 N–H and O–H groups in total. The second-order valence-electron chi connectivity index (χ2n) is 3.81. The molecule has 0 saturated carbocycles. The van der Waals surface area contributed by atoms with Gasteiger partial charge in [0.25, 0.3) is 0 Å². The lowest BCUT2D eigenvalue weighted by atomic mass is 10.1. The number of nitrogens with one attached hydrogen (secondary N) is 1. The lowest BCUT2D eigenvalue weighted by Crippen LogP contribution is -2.50. The highest BCUT2D eigenvalue weighted by Crippen LogP contribution is 2.15. The van der Waals surface area contributed by atoms with Gasteiger partial charge >= 0.3 is 0 Å². The Morgan fingerprint density at radius 3 is 3.08 bits per heavy atom. The minimum Gasteiger partial charge on any atom is -0.379 e. The summed E-state index contributed by atoms with van der Waals surface area (Å²) in [5.74, 6) is 0. The number of hydrogen-bond donors (Lipinski definition) is 1. The monoisotopic (exact) mass is 170 g/mol. The highest BCUT2D eigenvalue weighted by Gasteiger charge is 2.28. The van der Waals surface area contributed by atoms with Crippen LogP contribution in [-0.4, -0.2) is 49.8 Å². The first-order chi connectivity index (χ1) is 5.88. The van der Waals surface area contributed by atoms with Crippen LogP contribution in [0.25, 0.3) is 0 Å². The smallest absolute Gasteiger partial charge is 0.0619 e. The molecule has 0 radical (unpaired) electrons. The van der Waals surface area contributed by atoms with Gasteiger partial charge in [0.1, 0.15) is 0 Å². The molecule has 2 saturated heterocycles. The van der Waals surface area contributed by atoms with Crippen molar-refractivity contribution >= 4 is 0 Å². The van der Waals surface area contributed by atoms with Gasteiger partial charge in [-0.2, -0.15) is 0 Å². The van der Waals surface area contributed by atoms with E-state index < -0.39 is 0 Å². The Morgan fingerprint density at radius 2 is 2.42 bits per heavy atom. The van der Waals surface area contributed by atoms with Gasteiger partial charge in [-0.05, 0) is 19.9 Å². The zero-order chi connectivity index (χ0) is 8.39. The van der Waals surface area contributed by atoms with Gasteiger partial charge in [-0.15, -0.1) is 0 Å². The van der Waals surface area contributed by atoms with Gasteiger partial charge in [-0.3, -0.25) is 4.90 Å². The van der Waals surface area contributed by atoms with Crippen molar-refractivity contribution in [3.63, 3.8) is 0 Å². The van der Waals surface area contributed by atoms with E-state index in [9.17, 15) is 0 Å². The Hall–Kier alpha value is -0.120. The standard InChI is InChI=1S/C9H18N2O/c1-8-7-12-5-4-11(8)9-2-3-10-6-9/h8-10H,2-7H2,1H3/t8-,9-/m1/s1. The Morgan fingerprint density at radius 1 is 1.50 bits per heavy atom. The molecule has 3 heteroatoms. The van der Waals surface area contributed by atoms with Crippen LogP contribution < -0.4 is 5.32 Å². The van der Waals surface area contributed by atoms with Crippen LogP contribution in [0.1, 0.15) is 13.3 Å². The summed E-state index contributed by atoms with van der Waals surface area (Å²) in [7, 11) is 0. The molecule has 2 fully saturated rings. The number of morpholine rings is 1. The Bertz CT molecular complexity index is 145. The normalized spacial score (nSPS) is 38.8. The zero-order valence-corrected chi connectivity index (χ0v) is 7.75. The molecular formula is C9H18N2O. The summed E-state index contributed by atoms with van der Waals surface area (Å²) in [6, 6.07) is 1.38. The van der Waals surface area contributed by atoms with E-state index in [0.29, 0.717) is 6.04 Å². The van der Waals surface area contributed by atoms with Crippen molar-refractivity contribution in [3.8, 4) is 0 Å². The summed E-state index contributed by atoms with van der Waals surface area (Å²) in [6.45, 7) is 7.57. The van der Waals surface area contributed by atoms with Crippen molar-refractivity contribution in [3.05, 3.63) is 0 Å². The summed E-state index contributed by atoms with van der Waals surface area (Å²) in [4.78, 5) is 2.59. The van der Waals surface area contributed by atoms with E-state index in [1.54, 1.807) is 0 Å². The molecule has 2 heterocycles. The number of ether oxygens (including phenoxy) is 1. The lowest BCUT2D eigenvalue weighted by molar-refractivity contribution is -0.0180. The predicted octanol–water partition coefficient (Wildman–Crippen LogP) is 0.0690. The summed E-state index contributed by atoms with van der Waals surface area (Å²) >= 11 is 0. The highest BCUT2D eigenvalue weighted by molar-refractivity contribution is 4.85. The molecule has 70 valence electrons. The number of rotatable bonds is 1. The second kappa shape index (κ2) is 3.73. The van der Waals surface area contributed by atoms with Crippen molar-refractivity contribution in [1.29, 1.82) is 0 Å². The van der Waals surface area contributed by atoms with Gasteiger partial charge in [0.05, 0.1) is 13.2 Å². The third kappa shape index (κ3) is 1.63. The maximum atomic E-state index is 5.41. The molecule has 2 rings (SSSR count). The van der Waals surface area contributed by atoms with Crippen LogP contribution in [0.15, 0.2) is 0 Å². The average Bonchev–Trinajstić information content (AvgIpc) is 2.57.